The summed E-state index contributed by atoms with van der Waals surface area (Å²) in [6.07, 6.45) is 0.634. The molecule has 108 valence electrons. The molecule has 0 radical (unpaired) electrons. The van der Waals surface area contributed by atoms with Gasteiger partial charge in [0.15, 0.2) is 5.78 Å². The van der Waals surface area contributed by atoms with Crippen LogP contribution in [0.25, 0.3) is 0 Å². The summed E-state index contributed by atoms with van der Waals surface area (Å²) in [5.74, 6) is 0.0832. The average Bonchev–Trinajstić information content (AvgIpc) is 2.45. The number of rotatable bonds is 4. The van der Waals surface area contributed by atoms with Gasteiger partial charge in [0.1, 0.15) is 0 Å². The Kier molecular flexibility index (Phi) is 4.90. The third-order valence-electron chi connectivity index (χ3n) is 3.61. The second-order valence-corrected chi connectivity index (χ2v) is 5.26. The van der Waals surface area contributed by atoms with Crippen LogP contribution in [0.3, 0.4) is 0 Å². The van der Waals surface area contributed by atoms with Gasteiger partial charge in [0.25, 0.3) is 0 Å². The van der Waals surface area contributed by atoms with Crippen molar-refractivity contribution in [3.05, 3.63) is 35.4 Å². The summed E-state index contributed by atoms with van der Waals surface area (Å²) in [4.78, 5) is 26.0. The first kappa shape index (κ1) is 14.7. The Hall–Kier alpha value is -1.68. The molecule has 1 aromatic rings. The summed E-state index contributed by atoms with van der Waals surface area (Å²) >= 11 is 0. The van der Waals surface area contributed by atoms with Crippen LogP contribution < -0.4 is 0 Å². The van der Waals surface area contributed by atoms with Gasteiger partial charge in [0.05, 0.1) is 12.7 Å². The number of morpholine rings is 1. The fourth-order valence-corrected chi connectivity index (χ4v) is 2.44. The van der Waals surface area contributed by atoms with Gasteiger partial charge in [0, 0.05) is 31.5 Å². The van der Waals surface area contributed by atoms with Crippen LogP contribution in [0.2, 0.25) is 0 Å². The van der Waals surface area contributed by atoms with Gasteiger partial charge in [0.2, 0.25) is 5.91 Å². The summed E-state index contributed by atoms with van der Waals surface area (Å²) in [6, 6.07) is 7.50. The molecule has 1 amide bonds. The van der Waals surface area contributed by atoms with E-state index in [4.69, 9.17) is 4.74 Å². The number of ether oxygens (including phenoxy) is 1. The SMILES string of the molecule is Cc1ccccc1C(=O)CCC(=O)N1CCOC(C)C1. The number of nitrogens with zero attached hydrogens (tertiary/aromatic N) is 1. The maximum Gasteiger partial charge on any atom is 0.223 e. The molecular weight excluding hydrogens is 254 g/mol. The minimum atomic E-state index is 0.0396. The quantitative estimate of drug-likeness (QED) is 0.791. The van der Waals surface area contributed by atoms with Crippen molar-refractivity contribution in [2.75, 3.05) is 19.7 Å². The molecule has 1 aliphatic heterocycles. The lowest BCUT2D eigenvalue weighted by molar-refractivity contribution is -0.138. The molecule has 1 saturated heterocycles. The largest absolute Gasteiger partial charge is 0.375 e. The van der Waals surface area contributed by atoms with E-state index in [-0.39, 0.29) is 30.6 Å². The third-order valence-corrected chi connectivity index (χ3v) is 3.61. The maximum atomic E-state index is 12.1. The van der Waals surface area contributed by atoms with E-state index in [1.807, 2.05) is 38.1 Å². The molecule has 20 heavy (non-hydrogen) atoms. The van der Waals surface area contributed by atoms with E-state index >= 15 is 0 Å². The molecule has 1 aliphatic rings. The molecule has 0 spiro atoms. The average molecular weight is 275 g/mol. The Morgan fingerprint density at radius 3 is 2.75 bits per heavy atom. The molecular formula is C16H21NO3. The highest BCUT2D eigenvalue weighted by Gasteiger charge is 2.22. The van der Waals surface area contributed by atoms with Gasteiger partial charge in [-0.2, -0.15) is 0 Å². The molecule has 1 atom stereocenters. The van der Waals surface area contributed by atoms with E-state index in [1.54, 1.807) is 4.90 Å². The highest BCUT2D eigenvalue weighted by atomic mass is 16.5. The van der Waals surface area contributed by atoms with Crippen LogP contribution in [0, 0.1) is 6.92 Å². The van der Waals surface area contributed by atoms with Gasteiger partial charge in [-0.25, -0.2) is 0 Å². The zero-order chi connectivity index (χ0) is 14.5. The van der Waals surface area contributed by atoms with Gasteiger partial charge in [-0.1, -0.05) is 24.3 Å². The fourth-order valence-electron chi connectivity index (χ4n) is 2.44. The smallest absolute Gasteiger partial charge is 0.223 e. The summed E-state index contributed by atoms with van der Waals surface area (Å²) in [5.41, 5.74) is 1.68. The number of amides is 1. The number of carbonyl (C=O) groups excluding carboxylic acids is 2. The van der Waals surface area contributed by atoms with Crippen molar-refractivity contribution in [1.82, 2.24) is 4.90 Å². The number of hydrogen-bond acceptors (Lipinski definition) is 3. The monoisotopic (exact) mass is 275 g/mol. The fraction of sp³-hybridized carbons (Fsp3) is 0.500. The molecule has 1 fully saturated rings. The Morgan fingerprint density at radius 1 is 1.30 bits per heavy atom. The molecule has 4 heteroatoms. The number of carbonyl (C=O) groups is 2. The van der Waals surface area contributed by atoms with Crippen LogP contribution in [-0.4, -0.2) is 42.4 Å². The number of benzene rings is 1. The molecule has 2 rings (SSSR count). The van der Waals surface area contributed by atoms with Gasteiger partial charge < -0.3 is 9.64 Å². The molecule has 0 saturated carbocycles. The predicted octanol–water partition coefficient (Wildman–Crippen LogP) is 2.21. The van der Waals surface area contributed by atoms with Crippen molar-refractivity contribution in [3.8, 4) is 0 Å². The topological polar surface area (TPSA) is 46.6 Å². The van der Waals surface area contributed by atoms with Gasteiger partial charge >= 0.3 is 0 Å². The molecule has 0 N–H and O–H groups in total. The van der Waals surface area contributed by atoms with Crippen LogP contribution in [0.15, 0.2) is 24.3 Å². The summed E-state index contributed by atoms with van der Waals surface area (Å²) in [6.45, 7) is 5.70. The number of ketones is 1. The van der Waals surface area contributed by atoms with Crippen LogP contribution in [0.5, 0.6) is 0 Å². The highest BCUT2D eigenvalue weighted by Crippen LogP contribution is 2.13. The Labute approximate surface area is 119 Å². The number of aryl methyl sites for hydroxylation is 1. The van der Waals surface area contributed by atoms with Crippen molar-refractivity contribution in [2.24, 2.45) is 0 Å². The van der Waals surface area contributed by atoms with E-state index in [0.29, 0.717) is 19.7 Å². The highest BCUT2D eigenvalue weighted by molar-refractivity contribution is 5.99. The molecule has 1 aromatic carbocycles. The predicted molar refractivity (Wildman–Crippen MR) is 76.7 cm³/mol. The normalized spacial score (nSPS) is 18.9. The second-order valence-electron chi connectivity index (χ2n) is 5.26. The van der Waals surface area contributed by atoms with E-state index < -0.39 is 0 Å². The zero-order valence-corrected chi connectivity index (χ0v) is 12.1. The first-order chi connectivity index (χ1) is 9.58. The molecule has 0 aromatic heterocycles. The van der Waals surface area contributed by atoms with Crippen LogP contribution in [0.1, 0.15) is 35.7 Å². The van der Waals surface area contributed by atoms with E-state index in [2.05, 4.69) is 0 Å². The molecule has 4 nitrogen and oxygen atoms in total. The lowest BCUT2D eigenvalue weighted by atomic mass is 10.0. The Balaban J connectivity index is 1.87. The minimum Gasteiger partial charge on any atom is -0.375 e. The van der Waals surface area contributed by atoms with Crippen molar-refractivity contribution in [2.45, 2.75) is 32.8 Å². The third kappa shape index (κ3) is 3.67. The first-order valence-corrected chi connectivity index (χ1v) is 7.06. The first-order valence-electron chi connectivity index (χ1n) is 7.06. The van der Waals surface area contributed by atoms with Gasteiger partial charge in [-0.3, -0.25) is 9.59 Å². The number of hydrogen-bond donors (Lipinski definition) is 0. The lowest BCUT2D eigenvalue weighted by Gasteiger charge is -2.31. The number of Topliss-reactive ketones (excluding diaryl/α,β-unsaturated/α-hetero) is 1. The molecule has 1 heterocycles. The Bertz CT molecular complexity index is 498. The van der Waals surface area contributed by atoms with Gasteiger partial charge in [-0.05, 0) is 19.4 Å². The van der Waals surface area contributed by atoms with E-state index in [0.717, 1.165) is 11.1 Å². The second kappa shape index (κ2) is 6.66. The van der Waals surface area contributed by atoms with Crippen LogP contribution in [-0.2, 0) is 9.53 Å². The summed E-state index contributed by atoms with van der Waals surface area (Å²) in [7, 11) is 0. The van der Waals surface area contributed by atoms with E-state index in [1.165, 1.54) is 0 Å². The Morgan fingerprint density at radius 2 is 2.05 bits per heavy atom. The molecule has 1 unspecified atom stereocenters. The molecule has 0 aliphatic carbocycles. The van der Waals surface area contributed by atoms with Crippen molar-refractivity contribution in [3.63, 3.8) is 0 Å². The molecule has 0 bridgehead atoms. The van der Waals surface area contributed by atoms with Crippen LogP contribution in [0.4, 0.5) is 0 Å². The van der Waals surface area contributed by atoms with E-state index in [9.17, 15) is 9.59 Å². The maximum absolute atomic E-state index is 12.1. The van der Waals surface area contributed by atoms with Crippen molar-refractivity contribution in [1.29, 1.82) is 0 Å². The lowest BCUT2D eigenvalue weighted by Crippen LogP contribution is -2.44. The standard InChI is InChI=1S/C16H21NO3/c1-12-5-3-4-6-14(12)15(18)7-8-16(19)17-9-10-20-13(2)11-17/h3-6,13H,7-11H2,1-2H3. The van der Waals surface area contributed by atoms with Crippen molar-refractivity contribution >= 4 is 11.7 Å². The van der Waals surface area contributed by atoms with Crippen LogP contribution >= 0.6 is 0 Å². The minimum absolute atomic E-state index is 0.0396. The van der Waals surface area contributed by atoms with Gasteiger partial charge in [-0.15, -0.1) is 0 Å². The van der Waals surface area contributed by atoms with Crippen molar-refractivity contribution < 1.29 is 14.3 Å². The summed E-state index contributed by atoms with van der Waals surface area (Å²) in [5, 5.41) is 0. The zero-order valence-electron chi connectivity index (χ0n) is 12.1. The summed E-state index contributed by atoms with van der Waals surface area (Å²) < 4.78 is 5.41.